The summed E-state index contributed by atoms with van der Waals surface area (Å²) < 4.78 is 0. The third kappa shape index (κ3) is 1.92. The summed E-state index contributed by atoms with van der Waals surface area (Å²) in [5.41, 5.74) is 2.73. The first-order valence-electron chi connectivity index (χ1n) is 7.36. The molecule has 2 unspecified atom stereocenters. The Hall–Kier alpha value is -1.77. The van der Waals surface area contributed by atoms with Gasteiger partial charge in [-0.25, -0.2) is 4.79 Å². The molecule has 0 spiro atoms. The molecule has 2 atom stereocenters. The minimum atomic E-state index is -0.860. The Morgan fingerprint density at radius 2 is 2.10 bits per heavy atom. The fourth-order valence-corrected chi connectivity index (χ4v) is 4.00. The number of aromatic carboxylic acids is 1. The molecule has 0 saturated heterocycles. The van der Waals surface area contributed by atoms with Crippen molar-refractivity contribution in [3.8, 4) is 0 Å². The Balaban J connectivity index is 2.04. The van der Waals surface area contributed by atoms with E-state index in [1.807, 2.05) is 25.3 Å². The van der Waals surface area contributed by atoms with Gasteiger partial charge in [-0.05, 0) is 36.5 Å². The highest BCUT2D eigenvalue weighted by molar-refractivity contribution is 5.89. The van der Waals surface area contributed by atoms with Crippen molar-refractivity contribution in [2.24, 2.45) is 5.92 Å². The largest absolute Gasteiger partial charge is 0.478 e. The summed E-state index contributed by atoms with van der Waals surface area (Å²) in [7, 11) is 2.05. The number of nitrogens with zero attached hydrogens (tertiary/aromatic N) is 1. The summed E-state index contributed by atoms with van der Waals surface area (Å²) >= 11 is 0. The van der Waals surface area contributed by atoms with Gasteiger partial charge in [0.05, 0.1) is 11.6 Å². The number of rotatable bonds is 3. The van der Waals surface area contributed by atoms with Gasteiger partial charge in [-0.3, -0.25) is 0 Å². The maximum Gasteiger partial charge on any atom is 0.335 e. The Kier molecular flexibility index (Phi) is 3.28. The lowest BCUT2D eigenvalue weighted by Crippen LogP contribution is -2.31. The standard InChI is InChI=1S/C17H21NO2/c1-3-14-16(11-6-4-5-7-11)13-9-8-12(17(19)20)10-15(13)18(14)2/h3,8-11,14,16H,1,4-7H2,2H3,(H,19,20). The molecule has 0 amide bonds. The molecule has 1 aliphatic heterocycles. The van der Waals surface area contributed by atoms with Crippen LogP contribution < -0.4 is 4.90 Å². The van der Waals surface area contributed by atoms with Gasteiger partial charge in [0.2, 0.25) is 0 Å². The highest BCUT2D eigenvalue weighted by Crippen LogP contribution is 2.49. The van der Waals surface area contributed by atoms with Gasteiger partial charge in [0.25, 0.3) is 0 Å². The fraction of sp³-hybridized carbons (Fsp3) is 0.471. The first kappa shape index (κ1) is 13.2. The molecule has 1 saturated carbocycles. The van der Waals surface area contributed by atoms with E-state index < -0.39 is 5.97 Å². The third-order valence-corrected chi connectivity index (χ3v) is 4.98. The molecule has 1 N–H and O–H groups in total. The van der Waals surface area contributed by atoms with E-state index in [2.05, 4.69) is 11.5 Å². The Morgan fingerprint density at radius 3 is 2.70 bits per heavy atom. The molecular weight excluding hydrogens is 250 g/mol. The van der Waals surface area contributed by atoms with Crippen LogP contribution in [0.1, 0.15) is 47.5 Å². The zero-order valence-corrected chi connectivity index (χ0v) is 11.9. The number of carboxylic acid groups (broad SMARTS) is 1. The van der Waals surface area contributed by atoms with Gasteiger partial charge in [-0.15, -0.1) is 6.58 Å². The molecule has 20 heavy (non-hydrogen) atoms. The van der Waals surface area contributed by atoms with Crippen molar-refractivity contribution in [3.05, 3.63) is 42.0 Å². The molecule has 1 fully saturated rings. The topological polar surface area (TPSA) is 40.5 Å². The molecular formula is C17H21NO2. The Labute approximate surface area is 119 Å². The van der Waals surface area contributed by atoms with E-state index >= 15 is 0 Å². The molecule has 3 heteroatoms. The van der Waals surface area contributed by atoms with Crippen LogP contribution in [0.4, 0.5) is 5.69 Å². The van der Waals surface area contributed by atoms with Gasteiger partial charge in [0, 0.05) is 18.7 Å². The van der Waals surface area contributed by atoms with E-state index in [4.69, 9.17) is 5.11 Å². The lowest BCUT2D eigenvalue weighted by Gasteiger charge is -2.27. The summed E-state index contributed by atoms with van der Waals surface area (Å²) in [5.74, 6) is 0.316. The zero-order chi connectivity index (χ0) is 14.3. The van der Waals surface area contributed by atoms with Crippen LogP contribution in [0.15, 0.2) is 30.9 Å². The molecule has 0 aromatic heterocycles. The maximum atomic E-state index is 11.2. The number of benzene rings is 1. The van der Waals surface area contributed by atoms with Gasteiger partial charge < -0.3 is 10.0 Å². The average Bonchev–Trinajstić information content (AvgIpc) is 3.04. The van der Waals surface area contributed by atoms with Gasteiger partial charge in [-0.1, -0.05) is 25.0 Å². The molecule has 0 bridgehead atoms. The van der Waals surface area contributed by atoms with Crippen LogP contribution in [0.3, 0.4) is 0 Å². The number of carbonyl (C=O) groups is 1. The number of likely N-dealkylation sites (N-methyl/N-ethyl adjacent to an activating group) is 1. The van der Waals surface area contributed by atoms with E-state index in [1.54, 1.807) is 6.07 Å². The third-order valence-electron chi connectivity index (χ3n) is 4.98. The molecule has 1 aromatic rings. The smallest absolute Gasteiger partial charge is 0.335 e. The number of fused-ring (bicyclic) bond motifs is 1. The highest BCUT2D eigenvalue weighted by atomic mass is 16.4. The molecule has 2 aliphatic rings. The van der Waals surface area contributed by atoms with E-state index in [1.165, 1.54) is 31.2 Å². The van der Waals surface area contributed by atoms with Crippen LogP contribution >= 0.6 is 0 Å². The molecule has 1 aliphatic carbocycles. The summed E-state index contributed by atoms with van der Waals surface area (Å²) in [5, 5.41) is 9.16. The monoisotopic (exact) mass is 271 g/mol. The second kappa shape index (κ2) is 4.97. The summed E-state index contributed by atoms with van der Waals surface area (Å²) in [6, 6.07) is 5.85. The van der Waals surface area contributed by atoms with Crippen molar-refractivity contribution in [3.63, 3.8) is 0 Å². The van der Waals surface area contributed by atoms with Crippen molar-refractivity contribution in [2.75, 3.05) is 11.9 Å². The van der Waals surface area contributed by atoms with Crippen LogP contribution in [0.2, 0.25) is 0 Å². The Morgan fingerprint density at radius 1 is 1.40 bits per heavy atom. The minimum Gasteiger partial charge on any atom is -0.478 e. The SMILES string of the molecule is C=CC1C(C2CCCC2)c2ccc(C(=O)O)cc2N1C. The normalized spacial score (nSPS) is 25.8. The van der Waals surface area contributed by atoms with Crippen LogP contribution in [-0.4, -0.2) is 24.2 Å². The predicted octanol–water partition coefficient (Wildman–Crippen LogP) is 3.66. The van der Waals surface area contributed by atoms with Gasteiger partial charge in [0.1, 0.15) is 0 Å². The van der Waals surface area contributed by atoms with Crippen LogP contribution in [0.5, 0.6) is 0 Å². The molecule has 1 heterocycles. The van der Waals surface area contributed by atoms with Crippen molar-refractivity contribution in [1.29, 1.82) is 0 Å². The van der Waals surface area contributed by atoms with Crippen molar-refractivity contribution in [1.82, 2.24) is 0 Å². The number of hydrogen-bond donors (Lipinski definition) is 1. The number of hydrogen-bond acceptors (Lipinski definition) is 2. The predicted molar refractivity (Wildman–Crippen MR) is 80.5 cm³/mol. The van der Waals surface area contributed by atoms with Crippen LogP contribution in [-0.2, 0) is 0 Å². The van der Waals surface area contributed by atoms with E-state index in [0.29, 0.717) is 17.4 Å². The quantitative estimate of drug-likeness (QED) is 0.853. The highest BCUT2D eigenvalue weighted by Gasteiger charge is 2.40. The lowest BCUT2D eigenvalue weighted by atomic mass is 9.81. The summed E-state index contributed by atoms with van der Waals surface area (Å²) in [4.78, 5) is 13.3. The molecule has 3 rings (SSSR count). The molecule has 106 valence electrons. The first-order chi connectivity index (χ1) is 9.63. The van der Waals surface area contributed by atoms with Crippen molar-refractivity contribution < 1.29 is 9.90 Å². The molecule has 1 aromatic carbocycles. The van der Waals surface area contributed by atoms with Gasteiger partial charge in [-0.2, -0.15) is 0 Å². The summed E-state index contributed by atoms with van der Waals surface area (Å²) in [6.07, 6.45) is 7.21. The summed E-state index contributed by atoms with van der Waals surface area (Å²) in [6.45, 7) is 4.00. The molecule has 3 nitrogen and oxygen atoms in total. The maximum absolute atomic E-state index is 11.2. The van der Waals surface area contributed by atoms with Crippen LogP contribution in [0, 0.1) is 5.92 Å². The van der Waals surface area contributed by atoms with E-state index in [9.17, 15) is 4.79 Å². The first-order valence-corrected chi connectivity index (χ1v) is 7.36. The zero-order valence-electron chi connectivity index (χ0n) is 11.9. The Bertz CT molecular complexity index is 546. The number of anilines is 1. The second-order valence-electron chi connectivity index (χ2n) is 5.99. The van der Waals surface area contributed by atoms with Crippen molar-refractivity contribution in [2.45, 2.75) is 37.6 Å². The second-order valence-corrected chi connectivity index (χ2v) is 5.99. The lowest BCUT2D eigenvalue weighted by molar-refractivity contribution is 0.0697. The van der Waals surface area contributed by atoms with Gasteiger partial charge in [0.15, 0.2) is 0 Å². The van der Waals surface area contributed by atoms with Crippen molar-refractivity contribution >= 4 is 11.7 Å². The fourth-order valence-electron chi connectivity index (χ4n) is 4.00. The van der Waals surface area contributed by atoms with Gasteiger partial charge >= 0.3 is 5.97 Å². The van der Waals surface area contributed by atoms with E-state index in [-0.39, 0.29) is 6.04 Å². The number of carboxylic acids is 1. The van der Waals surface area contributed by atoms with E-state index in [0.717, 1.165) is 5.69 Å². The minimum absolute atomic E-state index is 0.289. The van der Waals surface area contributed by atoms with Crippen LogP contribution in [0.25, 0.3) is 0 Å². The molecule has 0 radical (unpaired) electrons. The average molecular weight is 271 g/mol.